The van der Waals surface area contributed by atoms with Gasteiger partial charge in [0.15, 0.2) is 0 Å². The third kappa shape index (κ3) is 6.79. The highest BCUT2D eigenvalue weighted by molar-refractivity contribution is 5.76. The minimum absolute atomic E-state index is 0.163. The van der Waals surface area contributed by atoms with E-state index >= 15 is 0 Å². The molecule has 1 amide bonds. The van der Waals surface area contributed by atoms with Crippen molar-refractivity contribution in [1.29, 1.82) is 0 Å². The van der Waals surface area contributed by atoms with Crippen LogP contribution in [0, 0.1) is 17.8 Å². The Labute approximate surface area is 130 Å². The predicted molar refractivity (Wildman–Crippen MR) is 89.1 cm³/mol. The first-order chi connectivity index (χ1) is 9.93. The second-order valence-electron chi connectivity index (χ2n) is 7.29. The van der Waals surface area contributed by atoms with Crippen molar-refractivity contribution in [2.45, 2.75) is 59.4 Å². The van der Waals surface area contributed by atoms with E-state index in [0.29, 0.717) is 36.8 Å². The molecule has 1 saturated heterocycles. The molecule has 21 heavy (non-hydrogen) atoms. The van der Waals surface area contributed by atoms with Crippen LogP contribution < -0.4 is 11.1 Å². The van der Waals surface area contributed by atoms with Crippen LogP contribution in [0.25, 0.3) is 0 Å². The fraction of sp³-hybridized carbons (Fsp3) is 0.941. The maximum absolute atomic E-state index is 12.2. The molecule has 2 atom stereocenters. The summed E-state index contributed by atoms with van der Waals surface area (Å²) in [6, 6.07) is 0.470. The predicted octanol–water partition coefficient (Wildman–Crippen LogP) is 2.23. The SMILES string of the molecule is CC(C)C[C@H](CN)CC(=O)NCC(C(C)C)N1CCCC1. The first-order valence-corrected chi connectivity index (χ1v) is 8.64. The molecule has 1 aliphatic heterocycles. The normalized spacial score (nSPS) is 19.2. The molecule has 0 radical (unpaired) electrons. The number of nitrogens with two attached hydrogens (primary N) is 1. The molecule has 0 aromatic heterocycles. The molecular formula is C17H35N3O. The summed E-state index contributed by atoms with van der Waals surface area (Å²) in [5.74, 6) is 1.65. The van der Waals surface area contributed by atoms with E-state index in [-0.39, 0.29) is 5.91 Å². The van der Waals surface area contributed by atoms with Crippen LogP contribution in [0.3, 0.4) is 0 Å². The molecule has 0 spiro atoms. The van der Waals surface area contributed by atoms with Crippen molar-refractivity contribution in [2.75, 3.05) is 26.2 Å². The van der Waals surface area contributed by atoms with Crippen molar-refractivity contribution in [3.05, 3.63) is 0 Å². The van der Waals surface area contributed by atoms with Crippen LogP contribution in [0.2, 0.25) is 0 Å². The van der Waals surface area contributed by atoms with Gasteiger partial charge in [-0.05, 0) is 56.7 Å². The lowest BCUT2D eigenvalue weighted by Crippen LogP contribution is -2.46. The molecule has 3 N–H and O–H groups in total. The number of nitrogens with one attached hydrogen (secondary N) is 1. The van der Waals surface area contributed by atoms with Crippen LogP contribution in [0.4, 0.5) is 0 Å². The van der Waals surface area contributed by atoms with E-state index in [9.17, 15) is 4.79 Å². The van der Waals surface area contributed by atoms with E-state index in [0.717, 1.165) is 13.0 Å². The van der Waals surface area contributed by atoms with E-state index in [4.69, 9.17) is 5.73 Å². The van der Waals surface area contributed by atoms with Crippen LogP contribution >= 0.6 is 0 Å². The molecule has 1 rings (SSSR count). The molecular weight excluding hydrogens is 262 g/mol. The van der Waals surface area contributed by atoms with Gasteiger partial charge in [0.25, 0.3) is 0 Å². The van der Waals surface area contributed by atoms with Gasteiger partial charge in [-0.1, -0.05) is 27.7 Å². The van der Waals surface area contributed by atoms with E-state index in [2.05, 4.69) is 37.9 Å². The van der Waals surface area contributed by atoms with Crippen LogP contribution in [-0.2, 0) is 4.79 Å². The smallest absolute Gasteiger partial charge is 0.220 e. The molecule has 1 aliphatic rings. The number of amides is 1. The zero-order valence-electron chi connectivity index (χ0n) is 14.4. The maximum Gasteiger partial charge on any atom is 0.220 e. The Kier molecular flexibility index (Phi) is 8.27. The Morgan fingerprint density at radius 2 is 1.81 bits per heavy atom. The number of likely N-dealkylation sites (tertiary alicyclic amines) is 1. The average Bonchev–Trinajstić information content (AvgIpc) is 2.91. The molecule has 4 nitrogen and oxygen atoms in total. The number of hydrogen-bond acceptors (Lipinski definition) is 3. The highest BCUT2D eigenvalue weighted by atomic mass is 16.1. The van der Waals surface area contributed by atoms with E-state index in [1.807, 2.05) is 0 Å². The summed E-state index contributed by atoms with van der Waals surface area (Å²) in [5.41, 5.74) is 5.78. The van der Waals surface area contributed by atoms with Crippen LogP contribution in [-0.4, -0.2) is 43.0 Å². The fourth-order valence-corrected chi connectivity index (χ4v) is 3.34. The van der Waals surface area contributed by atoms with Crippen molar-refractivity contribution in [1.82, 2.24) is 10.2 Å². The molecule has 0 aromatic carbocycles. The quantitative estimate of drug-likeness (QED) is 0.686. The number of carbonyl (C=O) groups is 1. The van der Waals surface area contributed by atoms with Crippen LogP contribution in [0.15, 0.2) is 0 Å². The molecule has 0 aromatic rings. The second kappa shape index (κ2) is 9.42. The Morgan fingerprint density at radius 3 is 2.29 bits per heavy atom. The van der Waals surface area contributed by atoms with Crippen molar-refractivity contribution in [3.63, 3.8) is 0 Å². The summed E-state index contributed by atoms with van der Waals surface area (Å²) in [6.45, 7) is 12.6. The summed E-state index contributed by atoms with van der Waals surface area (Å²) in [4.78, 5) is 14.7. The Bertz CT molecular complexity index is 298. The molecule has 0 aliphatic carbocycles. The zero-order chi connectivity index (χ0) is 15.8. The minimum Gasteiger partial charge on any atom is -0.355 e. The monoisotopic (exact) mass is 297 g/mol. The summed E-state index contributed by atoms with van der Waals surface area (Å²) < 4.78 is 0. The van der Waals surface area contributed by atoms with Gasteiger partial charge in [0.05, 0.1) is 0 Å². The summed E-state index contributed by atoms with van der Waals surface area (Å²) in [7, 11) is 0. The van der Waals surface area contributed by atoms with E-state index < -0.39 is 0 Å². The van der Waals surface area contributed by atoms with Gasteiger partial charge < -0.3 is 11.1 Å². The zero-order valence-corrected chi connectivity index (χ0v) is 14.4. The van der Waals surface area contributed by atoms with Crippen molar-refractivity contribution >= 4 is 5.91 Å². The highest BCUT2D eigenvalue weighted by Crippen LogP contribution is 2.18. The van der Waals surface area contributed by atoms with Gasteiger partial charge >= 0.3 is 0 Å². The highest BCUT2D eigenvalue weighted by Gasteiger charge is 2.25. The fourth-order valence-electron chi connectivity index (χ4n) is 3.34. The number of carbonyl (C=O) groups excluding carboxylic acids is 1. The maximum atomic E-state index is 12.2. The minimum atomic E-state index is 0.163. The number of nitrogens with zero attached hydrogens (tertiary/aromatic N) is 1. The summed E-state index contributed by atoms with van der Waals surface area (Å²) in [5, 5.41) is 3.14. The van der Waals surface area contributed by atoms with E-state index in [1.54, 1.807) is 0 Å². The molecule has 4 heteroatoms. The van der Waals surface area contributed by atoms with Gasteiger partial charge in [-0.3, -0.25) is 9.69 Å². The van der Waals surface area contributed by atoms with Gasteiger partial charge in [0.2, 0.25) is 5.91 Å². The molecule has 0 bridgehead atoms. The largest absolute Gasteiger partial charge is 0.355 e. The van der Waals surface area contributed by atoms with Gasteiger partial charge in [-0.25, -0.2) is 0 Å². The number of hydrogen-bond donors (Lipinski definition) is 2. The van der Waals surface area contributed by atoms with Crippen molar-refractivity contribution in [3.8, 4) is 0 Å². The lowest BCUT2D eigenvalue weighted by atomic mass is 9.94. The van der Waals surface area contributed by atoms with Gasteiger partial charge in [0, 0.05) is 19.0 Å². The van der Waals surface area contributed by atoms with E-state index in [1.165, 1.54) is 25.9 Å². The molecule has 0 saturated carbocycles. The van der Waals surface area contributed by atoms with Gasteiger partial charge in [-0.15, -0.1) is 0 Å². The Balaban J connectivity index is 2.38. The number of rotatable bonds is 9. The molecule has 124 valence electrons. The molecule has 1 unspecified atom stereocenters. The Morgan fingerprint density at radius 1 is 1.19 bits per heavy atom. The summed E-state index contributed by atoms with van der Waals surface area (Å²) >= 11 is 0. The lowest BCUT2D eigenvalue weighted by Gasteiger charge is -2.31. The lowest BCUT2D eigenvalue weighted by molar-refractivity contribution is -0.122. The van der Waals surface area contributed by atoms with Crippen LogP contribution in [0.5, 0.6) is 0 Å². The average molecular weight is 297 g/mol. The van der Waals surface area contributed by atoms with Crippen molar-refractivity contribution in [2.24, 2.45) is 23.5 Å². The third-order valence-electron chi connectivity index (χ3n) is 4.50. The topological polar surface area (TPSA) is 58.4 Å². The van der Waals surface area contributed by atoms with Gasteiger partial charge in [0.1, 0.15) is 0 Å². The van der Waals surface area contributed by atoms with Crippen molar-refractivity contribution < 1.29 is 4.79 Å². The standard InChI is InChI=1S/C17H35N3O/c1-13(2)9-15(11-18)10-17(21)19-12-16(14(3)4)20-7-5-6-8-20/h13-16H,5-12,18H2,1-4H3,(H,19,21)/t15-,16?/m0/s1. The first-order valence-electron chi connectivity index (χ1n) is 8.64. The molecule has 1 heterocycles. The Hall–Kier alpha value is -0.610. The molecule has 1 fully saturated rings. The summed E-state index contributed by atoms with van der Waals surface area (Å²) in [6.07, 6.45) is 4.19. The first kappa shape index (κ1) is 18.4. The van der Waals surface area contributed by atoms with Gasteiger partial charge in [-0.2, -0.15) is 0 Å². The third-order valence-corrected chi connectivity index (χ3v) is 4.50. The second-order valence-corrected chi connectivity index (χ2v) is 7.29. The van der Waals surface area contributed by atoms with Crippen LogP contribution in [0.1, 0.15) is 53.4 Å².